The first-order chi connectivity index (χ1) is 16.7. The molecule has 0 atom stereocenters. The van der Waals surface area contributed by atoms with E-state index in [1.54, 1.807) is 42.5 Å². The smallest absolute Gasteiger partial charge is 0.344 e. The highest BCUT2D eigenvalue weighted by molar-refractivity contribution is 6.31. The number of halogens is 1. The second-order valence-electron chi connectivity index (χ2n) is 8.80. The summed E-state index contributed by atoms with van der Waals surface area (Å²) in [5, 5.41) is 3.29. The molecule has 1 N–H and O–H groups in total. The summed E-state index contributed by atoms with van der Waals surface area (Å²) >= 11 is 5.96. The van der Waals surface area contributed by atoms with Crippen LogP contribution in [0.15, 0.2) is 66.7 Å². The highest BCUT2D eigenvalue weighted by Gasteiger charge is 2.17. The molecule has 6 nitrogen and oxygen atoms in total. The van der Waals surface area contributed by atoms with Crippen LogP contribution in [-0.4, -0.2) is 25.1 Å². The molecule has 0 aliphatic heterocycles. The van der Waals surface area contributed by atoms with Crippen LogP contribution < -0.4 is 14.8 Å². The van der Waals surface area contributed by atoms with E-state index in [1.165, 1.54) is 5.56 Å². The Labute approximate surface area is 211 Å². The molecule has 0 aliphatic rings. The normalized spacial score (nSPS) is 11.0. The Morgan fingerprint density at radius 2 is 1.49 bits per heavy atom. The number of nitrogens with one attached hydrogen (secondary N) is 1. The minimum atomic E-state index is -0.648. The SMILES string of the molecule is CCC(C)(C)c1ccc(Oc2ccc(NC(=O)COC(=O)COc3ccc(Cl)c(C)c3)cc2)cc1. The van der Waals surface area contributed by atoms with Gasteiger partial charge in [-0.15, -0.1) is 0 Å². The van der Waals surface area contributed by atoms with Gasteiger partial charge < -0.3 is 19.5 Å². The van der Waals surface area contributed by atoms with Crippen molar-refractivity contribution in [1.82, 2.24) is 0 Å². The topological polar surface area (TPSA) is 73.9 Å². The maximum Gasteiger partial charge on any atom is 0.344 e. The average molecular weight is 496 g/mol. The quantitative estimate of drug-likeness (QED) is 0.317. The number of anilines is 1. The van der Waals surface area contributed by atoms with Gasteiger partial charge in [0, 0.05) is 10.7 Å². The fourth-order valence-corrected chi connectivity index (χ4v) is 3.27. The monoisotopic (exact) mass is 495 g/mol. The zero-order valence-electron chi connectivity index (χ0n) is 20.4. The lowest BCUT2D eigenvalue weighted by Crippen LogP contribution is -2.23. The molecule has 0 radical (unpaired) electrons. The zero-order chi connectivity index (χ0) is 25.4. The van der Waals surface area contributed by atoms with E-state index in [1.807, 2.05) is 19.1 Å². The third-order valence-electron chi connectivity index (χ3n) is 5.74. The second-order valence-corrected chi connectivity index (χ2v) is 9.20. The van der Waals surface area contributed by atoms with Gasteiger partial charge in [-0.1, -0.05) is 44.5 Å². The average Bonchev–Trinajstić information content (AvgIpc) is 2.85. The highest BCUT2D eigenvalue weighted by Crippen LogP contribution is 2.30. The molecular formula is C28H30ClNO5. The lowest BCUT2D eigenvalue weighted by molar-refractivity contribution is -0.149. The van der Waals surface area contributed by atoms with Crippen molar-refractivity contribution in [3.05, 3.63) is 82.9 Å². The number of amides is 1. The maximum atomic E-state index is 12.1. The van der Waals surface area contributed by atoms with Gasteiger partial charge in [0.05, 0.1) is 0 Å². The van der Waals surface area contributed by atoms with E-state index in [9.17, 15) is 9.59 Å². The van der Waals surface area contributed by atoms with Crippen LogP contribution in [-0.2, 0) is 19.7 Å². The fourth-order valence-electron chi connectivity index (χ4n) is 3.15. The molecule has 7 heteroatoms. The number of hydrogen-bond acceptors (Lipinski definition) is 5. The molecule has 184 valence electrons. The predicted octanol–water partition coefficient (Wildman–Crippen LogP) is 6.69. The largest absolute Gasteiger partial charge is 0.482 e. The van der Waals surface area contributed by atoms with Crippen molar-refractivity contribution in [3.63, 3.8) is 0 Å². The first-order valence-corrected chi connectivity index (χ1v) is 11.8. The summed E-state index contributed by atoms with van der Waals surface area (Å²) in [6.45, 7) is 7.71. The number of esters is 1. The molecule has 0 aliphatic carbocycles. The Morgan fingerprint density at radius 3 is 2.09 bits per heavy atom. The lowest BCUT2D eigenvalue weighted by atomic mass is 9.82. The molecule has 0 unspecified atom stereocenters. The Kier molecular flexibility index (Phi) is 8.77. The summed E-state index contributed by atoms with van der Waals surface area (Å²) in [6, 6.07) is 20.1. The van der Waals surface area contributed by atoms with Crippen LogP contribution in [0.5, 0.6) is 17.2 Å². The van der Waals surface area contributed by atoms with Crippen molar-refractivity contribution in [2.45, 2.75) is 39.5 Å². The Morgan fingerprint density at radius 1 is 0.886 bits per heavy atom. The number of ether oxygens (including phenoxy) is 3. The Balaban J connectivity index is 1.43. The van der Waals surface area contributed by atoms with Gasteiger partial charge in [0.15, 0.2) is 13.2 Å². The van der Waals surface area contributed by atoms with Crippen LogP contribution in [0.25, 0.3) is 0 Å². The minimum absolute atomic E-state index is 0.121. The van der Waals surface area contributed by atoms with E-state index in [0.717, 1.165) is 17.7 Å². The standard InChI is InChI=1S/C28H30ClNO5/c1-5-28(3,4)20-6-10-22(11-7-20)35-23-12-8-21(9-13-23)30-26(31)17-34-27(32)18-33-24-14-15-25(29)19(2)16-24/h6-16H,5,17-18H2,1-4H3,(H,30,31). The van der Waals surface area contributed by atoms with E-state index >= 15 is 0 Å². The molecule has 0 bridgehead atoms. The van der Waals surface area contributed by atoms with Crippen LogP contribution in [0.1, 0.15) is 38.3 Å². The van der Waals surface area contributed by atoms with Crippen molar-refractivity contribution < 1.29 is 23.8 Å². The number of carbonyl (C=O) groups excluding carboxylic acids is 2. The molecule has 3 rings (SSSR count). The minimum Gasteiger partial charge on any atom is -0.482 e. The van der Waals surface area contributed by atoms with Crippen LogP contribution >= 0.6 is 11.6 Å². The highest BCUT2D eigenvalue weighted by atomic mass is 35.5. The van der Waals surface area contributed by atoms with Crippen LogP contribution in [0.3, 0.4) is 0 Å². The number of rotatable bonds is 10. The van der Waals surface area contributed by atoms with Crippen molar-refractivity contribution in [1.29, 1.82) is 0 Å². The van der Waals surface area contributed by atoms with Gasteiger partial charge in [-0.3, -0.25) is 4.79 Å². The van der Waals surface area contributed by atoms with Crippen LogP contribution in [0.4, 0.5) is 5.69 Å². The molecule has 0 saturated heterocycles. The molecule has 0 spiro atoms. The summed E-state index contributed by atoms with van der Waals surface area (Å²) in [6.07, 6.45) is 1.05. The molecule has 0 heterocycles. The molecule has 0 aromatic heterocycles. The van der Waals surface area contributed by atoms with Crippen LogP contribution in [0, 0.1) is 6.92 Å². The van der Waals surface area contributed by atoms with E-state index in [2.05, 4.69) is 38.2 Å². The summed E-state index contributed by atoms with van der Waals surface area (Å²) in [5.74, 6) is 0.775. The number of aryl methyl sites for hydroxylation is 1. The molecule has 0 fully saturated rings. The molecule has 3 aromatic carbocycles. The van der Waals surface area contributed by atoms with E-state index < -0.39 is 18.5 Å². The Bertz CT molecular complexity index is 1160. The van der Waals surface area contributed by atoms with E-state index in [-0.39, 0.29) is 12.0 Å². The van der Waals surface area contributed by atoms with Gasteiger partial charge in [-0.05, 0) is 84.5 Å². The first kappa shape index (κ1) is 26.1. The summed E-state index contributed by atoms with van der Waals surface area (Å²) in [7, 11) is 0. The van der Waals surface area contributed by atoms with Gasteiger partial charge in [0.2, 0.25) is 0 Å². The van der Waals surface area contributed by atoms with Gasteiger partial charge in [-0.2, -0.15) is 0 Å². The van der Waals surface area contributed by atoms with Gasteiger partial charge in [-0.25, -0.2) is 4.79 Å². The van der Waals surface area contributed by atoms with Crippen molar-refractivity contribution in [2.75, 3.05) is 18.5 Å². The molecule has 3 aromatic rings. The first-order valence-electron chi connectivity index (χ1n) is 11.4. The summed E-state index contributed by atoms with van der Waals surface area (Å²) in [4.78, 5) is 24.0. The van der Waals surface area contributed by atoms with Gasteiger partial charge in [0.1, 0.15) is 17.2 Å². The Hall–Kier alpha value is -3.51. The number of benzene rings is 3. The third kappa shape index (κ3) is 7.76. The van der Waals surface area contributed by atoms with Gasteiger partial charge in [0.25, 0.3) is 5.91 Å². The third-order valence-corrected chi connectivity index (χ3v) is 6.17. The predicted molar refractivity (Wildman–Crippen MR) is 138 cm³/mol. The number of hydrogen-bond donors (Lipinski definition) is 1. The summed E-state index contributed by atoms with van der Waals surface area (Å²) in [5.41, 5.74) is 2.78. The van der Waals surface area contributed by atoms with E-state index in [4.69, 9.17) is 25.8 Å². The van der Waals surface area contributed by atoms with Crippen molar-refractivity contribution in [3.8, 4) is 17.2 Å². The van der Waals surface area contributed by atoms with E-state index in [0.29, 0.717) is 22.2 Å². The van der Waals surface area contributed by atoms with Crippen molar-refractivity contribution >= 4 is 29.2 Å². The molecule has 35 heavy (non-hydrogen) atoms. The van der Waals surface area contributed by atoms with Crippen LogP contribution in [0.2, 0.25) is 5.02 Å². The number of carbonyl (C=O) groups is 2. The zero-order valence-corrected chi connectivity index (χ0v) is 21.1. The second kappa shape index (κ2) is 11.8. The van der Waals surface area contributed by atoms with Gasteiger partial charge >= 0.3 is 5.97 Å². The molecular weight excluding hydrogens is 466 g/mol. The summed E-state index contributed by atoms with van der Waals surface area (Å²) < 4.78 is 16.2. The fraction of sp³-hybridized carbons (Fsp3) is 0.286. The van der Waals surface area contributed by atoms with Crippen molar-refractivity contribution in [2.24, 2.45) is 0 Å². The molecule has 0 saturated carbocycles. The molecule has 1 amide bonds. The lowest BCUT2D eigenvalue weighted by Gasteiger charge is -2.23. The maximum absolute atomic E-state index is 12.1.